The SMILES string of the molecule is O=c1[nH]c2c3cc(F)ncc3ccc2c2sc(NCCCc3ccc(C(F)(F)F)nc3)nc12. The molecule has 1 aromatic carbocycles. The number of nitrogens with one attached hydrogen (secondary N) is 2. The lowest BCUT2D eigenvalue weighted by molar-refractivity contribution is -0.141. The molecule has 0 unspecified atom stereocenters. The Morgan fingerprint density at radius 3 is 2.67 bits per heavy atom. The van der Waals surface area contributed by atoms with Gasteiger partial charge in [0.25, 0.3) is 5.56 Å². The minimum atomic E-state index is -4.45. The van der Waals surface area contributed by atoms with Crippen LogP contribution >= 0.6 is 11.3 Å². The van der Waals surface area contributed by atoms with E-state index in [1.165, 1.54) is 35.9 Å². The average molecular weight is 473 g/mol. The van der Waals surface area contributed by atoms with Crippen molar-refractivity contribution in [1.82, 2.24) is 19.9 Å². The summed E-state index contributed by atoms with van der Waals surface area (Å²) in [5.74, 6) is -0.633. The second-order valence-electron chi connectivity index (χ2n) is 7.45. The van der Waals surface area contributed by atoms with Crippen molar-refractivity contribution in [3.8, 4) is 0 Å². The molecule has 4 heterocycles. The molecule has 0 fully saturated rings. The summed E-state index contributed by atoms with van der Waals surface area (Å²) in [7, 11) is 0. The van der Waals surface area contributed by atoms with E-state index >= 15 is 0 Å². The van der Waals surface area contributed by atoms with E-state index in [0.29, 0.717) is 51.1 Å². The lowest BCUT2D eigenvalue weighted by Crippen LogP contribution is -2.08. The third kappa shape index (κ3) is 4.11. The number of fused-ring (bicyclic) bond motifs is 5. The number of aromatic nitrogens is 4. The number of aryl methyl sites for hydroxylation is 1. The van der Waals surface area contributed by atoms with Gasteiger partial charge in [-0.3, -0.25) is 9.78 Å². The van der Waals surface area contributed by atoms with Gasteiger partial charge in [0.1, 0.15) is 11.2 Å². The van der Waals surface area contributed by atoms with Crippen LogP contribution < -0.4 is 10.9 Å². The standard InChI is InChI=1S/C22H15F4N5OS/c23-16-8-14-12(10-29-16)4-5-13-17(14)30-20(32)18-19(13)33-21(31-18)27-7-1-2-11-3-6-15(28-9-11)22(24,25)26/h3-6,8-10H,1-2,7H2,(H,27,31)(H,30,32). The maximum absolute atomic E-state index is 13.7. The lowest BCUT2D eigenvalue weighted by Gasteiger charge is -2.06. The zero-order valence-corrected chi connectivity index (χ0v) is 17.6. The molecular weight excluding hydrogens is 458 g/mol. The zero-order chi connectivity index (χ0) is 23.2. The molecule has 0 aliphatic rings. The van der Waals surface area contributed by atoms with Gasteiger partial charge in [-0.25, -0.2) is 9.97 Å². The number of thiazole rings is 1. The molecular formula is C22H15F4N5OS. The minimum Gasteiger partial charge on any atom is -0.361 e. The number of alkyl halides is 3. The van der Waals surface area contributed by atoms with E-state index in [1.54, 1.807) is 0 Å². The Kier molecular flexibility index (Phi) is 5.20. The van der Waals surface area contributed by atoms with Crippen LogP contribution in [0.5, 0.6) is 0 Å². The first kappa shape index (κ1) is 21.3. The van der Waals surface area contributed by atoms with Crippen LogP contribution in [0.2, 0.25) is 0 Å². The molecule has 0 saturated heterocycles. The molecule has 33 heavy (non-hydrogen) atoms. The summed E-state index contributed by atoms with van der Waals surface area (Å²) >= 11 is 1.32. The van der Waals surface area contributed by atoms with Crippen molar-refractivity contribution in [2.75, 3.05) is 11.9 Å². The van der Waals surface area contributed by atoms with Gasteiger partial charge in [-0.1, -0.05) is 29.5 Å². The van der Waals surface area contributed by atoms with Crippen LogP contribution in [-0.2, 0) is 12.6 Å². The van der Waals surface area contributed by atoms with E-state index in [0.717, 1.165) is 11.5 Å². The number of halogens is 4. The second-order valence-corrected chi connectivity index (χ2v) is 8.45. The van der Waals surface area contributed by atoms with E-state index in [9.17, 15) is 22.4 Å². The third-order valence-corrected chi connectivity index (χ3v) is 6.28. The number of benzene rings is 1. The highest BCUT2D eigenvalue weighted by Crippen LogP contribution is 2.33. The van der Waals surface area contributed by atoms with Crippen LogP contribution in [-0.4, -0.2) is 26.5 Å². The fourth-order valence-corrected chi connectivity index (χ4v) is 4.67. The maximum atomic E-state index is 13.7. The monoisotopic (exact) mass is 473 g/mol. The van der Waals surface area contributed by atoms with Gasteiger partial charge in [-0.15, -0.1) is 0 Å². The summed E-state index contributed by atoms with van der Waals surface area (Å²) in [6.07, 6.45) is -0.630. The predicted octanol–water partition coefficient (Wildman–Crippen LogP) is 5.28. The van der Waals surface area contributed by atoms with Crippen molar-refractivity contribution in [2.24, 2.45) is 0 Å². The van der Waals surface area contributed by atoms with Crippen LogP contribution in [0.3, 0.4) is 0 Å². The highest BCUT2D eigenvalue weighted by Gasteiger charge is 2.31. The highest BCUT2D eigenvalue weighted by atomic mass is 32.1. The van der Waals surface area contributed by atoms with E-state index in [2.05, 4.69) is 25.3 Å². The van der Waals surface area contributed by atoms with Crippen molar-refractivity contribution in [1.29, 1.82) is 0 Å². The largest absolute Gasteiger partial charge is 0.433 e. The van der Waals surface area contributed by atoms with Gasteiger partial charge in [0, 0.05) is 41.2 Å². The smallest absolute Gasteiger partial charge is 0.361 e. The normalized spacial score (nSPS) is 12.1. The van der Waals surface area contributed by atoms with Gasteiger partial charge in [-0.2, -0.15) is 17.6 Å². The average Bonchev–Trinajstić information content (AvgIpc) is 3.22. The summed E-state index contributed by atoms with van der Waals surface area (Å²) < 4.78 is 52.2. The molecule has 0 bridgehead atoms. The number of H-pyrrole nitrogens is 1. The molecule has 0 spiro atoms. The van der Waals surface area contributed by atoms with Crippen LogP contribution in [0.1, 0.15) is 17.7 Å². The molecule has 0 saturated carbocycles. The van der Waals surface area contributed by atoms with Crippen LogP contribution in [0.15, 0.2) is 47.5 Å². The quantitative estimate of drug-likeness (QED) is 0.157. The Labute approximate surface area is 187 Å². The Balaban J connectivity index is 1.35. The molecule has 5 rings (SSSR count). The molecule has 5 aromatic rings. The van der Waals surface area contributed by atoms with Crippen molar-refractivity contribution < 1.29 is 17.6 Å². The topological polar surface area (TPSA) is 83.6 Å². The van der Waals surface area contributed by atoms with Crippen molar-refractivity contribution >= 4 is 48.4 Å². The van der Waals surface area contributed by atoms with Gasteiger partial charge >= 0.3 is 6.18 Å². The highest BCUT2D eigenvalue weighted by molar-refractivity contribution is 7.23. The molecule has 11 heteroatoms. The summed E-state index contributed by atoms with van der Waals surface area (Å²) in [6, 6.07) is 7.33. The van der Waals surface area contributed by atoms with Gasteiger partial charge in [0.2, 0.25) is 5.95 Å². The van der Waals surface area contributed by atoms with Gasteiger partial charge in [-0.05, 0) is 24.5 Å². The van der Waals surface area contributed by atoms with Gasteiger partial charge < -0.3 is 10.3 Å². The second kappa shape index (κ2) is 8.07. The molecule has 0 aliphatic carbocycles. The number of rotatable bonds is 5. The molecule has 2 N–H and O–H groups in total. The van der Waals surface area contributed by atoms with Crippen molar-refractivity contribution in [3.63, 3.8) is 0 Å². The molecule has 0 amide bonds. The van der Waals surface area contributed by atoms with E-state index in [1.807, 2.05) is 12.1 Å². The summed E-state index contributed by atoms with van der Waals surface area (Å²) in [5, 5.41) is 5.74. The van der Waals surface area contributed by atoms with E-state index in [4.69, 9.17) is 0 Å². The molecule has 168 valence electrons. The first-order chi connectivity index (χ1) is 15.8. The number of pyridine rings is 3. The van der Waals surface area contributed by atoms with Crippen molar-refractivity contribution in [3.05, 3.63) is 70.3 Å². The first-order valence-electron chi connectivity index (χ1n) is 9.96. The Morgan fingerprint density at radius 2 is 1.91 bits per heavy atom. The Morgan fingerprint density at radius 1 is 1.06 bits per heavy atom. The lowest BCUT2D eigenvalue weighted by atomic mass is 10.1. The number of hydrogen-bond acceptors (Lipinski definition) is 6. The van der Waals surface area contributed by atoms with Gasteiger partial charge in [0.15, 0.2) is 5.13 Å². The van der Waals surface area contributed by atoms with Crippen LogP contribution in [0.25, 0.3) is 31.9 Å². The Bertz CT molecular complexity index is 1540. The van der Waals surface area contributed by atoms with Crippen LogP contribution in [0.4, 0.5) is 22.7 Å². The van der Waals surface area contributed by atoms with E-state index < -0.39 is 17.8 Å². The molecule has 6 nitrogen and oxygen atoms in total. The molecule has 0 atom stereocenters. The van der Waals surface area contributed by atoms with Gasteiger partial charge in [0.05, 0.1) is 10.2 Å². The number of anilines is 1. The summed E-state index contributed by atoms with van der Waals surface area (Å²) in [5.41, 5.74) is 0.225. The van der Waals surface area contributed by atoms with E-state index in [-0.39, 0.29) is 11.1 Å². The third-order valence-electron chi connectivity index (χ3n) is 5.23. The summed E-state index contributed by atoms with van der Waals surface area (Å²) in [6.45, 7) is 0.510. The molecule has 0 radical (unpaired) electrons. The molecule has 0 aliphatic heterocycles. The fraction of sp³-hybridized carbons (Fsp3) is 0.182. The Hall–Kier alpha value is -3.60. The number of nitrogens with zero attached hydrogens (tertiary/aromatic N) is 3. The number of hydrogen-bond donors (Lipinski definition) is 2. The minimum absolute atomic E-state index is 0.288. The first-order valence-corrected chi connectivity index (χ1v) is 10.8. The zero-order valence-electron chi connectivity index (χ0n) is 16.8. The molecule has 4 aromatic heterocycles. The van der Waals surface area contributed by atoms with Crippen molar-refractivity contribution in [2.45, 2.75) is 19.0 Å². The fourth-order valence-electron chi connectivity index (χ4n) is 3.65. The maximum Gasteiger partial charge on any atom is 0.433 e. The number of aromatic amines is 1. The summed E-state index contributed by atoms with van der Waals surface area (Å²) in [4.78, 5) is 26.9. The van der Waals surface area contributed by atoms with Crippen LogP contribution in [0, 0.1) is 5.95 Å². The predicted molar refractivity (Wildman–Crippen MR) is 119 cm³/mol.